The van der Waals surface area contributed by atoms with Gasteiger partial charge in [-0.25, -0.2) is 0 Å². The van der Waals surface area contributed by atoms with Crippen LogP contribution in [-0.2, 0) is 0 Å². The van der Waals surface area contributed by atoms with Gasteiger partial charge in [-0.1, -0.05) is 19.9 Å². The van der Waals surface area contributed by atoms with E-state index in [0.29, 0.717) is 0 Å². The summed E-state index contributed by atoms with van der Waals surface area (Å²) >= 11 is 0. The Bertz CT molecular complexity index is 135. The van der Waals surface area contributed by atoms with Crippen LogP contribution >= 0.6 is 0 Å². The van der Waals surface area contributed by atoms with Crippen molar-refractivity contribution in [3.63, 3.8) is 0 Å². The van der Waals surface area contributed by atoms with Gasteiger partial charge in [-0.2, -0.15) is 0 Å². The Kier molecular flexibility index (Phi) is 8.94. The first-order valence-electron chi connectivity index (χ1n) is 5.44. The van der Waals surface area contributed by atoms with Gasteiger partial charge < -0.3 is 10.0 Å². The van der Waals surface area contributed by atoms with E-state index in [-0.39, 0.29) is 6.61 Å². The van der Waals surface area contributed by atoms with Gasteiger partial charge in [0.15, 0.2) is 0 Å². The maximum atomic E-state index is 8.85. The molecule has 84 valence electrons. The first-order valence-corrected chi connectivity index (χ1v) is 5.44. The molecule has 0 amide bonds. The van der Waals surface area contributed by atoms with E-state index in [1.165, 1.54) is 0 Å². The zero-order chi connectivity index (χ0) is 10.8. The average Bonchev–Trinajstić information content (AvgIpc) is 2.20. The summed E-state index contributed by atoms with van der Waals surface area (Å²) in [6.45, 7) is 14.2. The summed E-state index contributed by atoms with van der Waals surface area (Å²) in [5.41, 5.74) is 0. The van der Waals surface area contributed by atoms with Gasteiger partial charge in [-0.3, -0.25) is 4.90 Å². The molecule has 0 radical (unpaired) electrons. The standard InChI is InChI=1S/C11H24N2O/c1-4-7-13(10-11-14)9-8-12(5-2)6-3/h4,14H,1,5-11H2,2-3H3. The minimum absolute atomic E-state index is 0.228. The van der Waals surface area contributed by atoms with Crippen molar-refractivity contribution in [2.24, 2.45) is 0 Å². The van der Waals surface area contributed by atoms with Crippen molar-refractivity contribution < 1.29 is 5.11 Å². The molecule has 0 unspecified atom stereocenters. The van der Waals surface area contributed by atoms with Crippen molar-refractivity contribution in [2.75, 3.05) is 45.9 Å². The lowest BCUT2D eigenvalue weighted by molar-refractivity contribution is 0.184. The summed E-state index contributed by atoms with van der Waals surface area (Å²) in [6.07, 6.45) is 1.89. The number of hydrogen-bond acceptors (Lipinski definition) is 3. The van der Waals surface area contributed by atoms with Crippen LogP contribution in [0, 0.1) is 0 Å². The van der Waals surface area contributed by atoms with Crippen molar-refractivity contribution in [3.05, 3.63) is 12.7 Å². The van der Waals surface area contributed by atoms with Crippen LogP contribution < -0.4 is 0 Å². The van der Waals surface area contributed by atoms with Crippen LogP contribution in [0.25, 0.3) is 0 Å². The van der Waals surface area contributed by atoms with E-state index < -0.39 is 0 Å². The topological polar surface area (TPSA) is 26.7 Å². The normalized spacial score (nSPS) is 11.2. The van der Waals surface area contributed by atoms with Crippen molar-refractivity contribution >= 4 is 0 Å². The average molecular weight is 200 g/mol. The Morgan fingerprint density at radius 3 is 2.07 bits per heavy atom. The summed E-state index contributed by atoms with van der Waals surface area (Å²) < 4.78 is 0. The third-order valence-electron chi connectivity index (χ3n) is 2.43. The van der Waals surface area contributed by atoms with E-state index >= 15 is 0 Å². The van der Waals surface area contributed by atoms with E-state index in [9.17, 15) is 0 Å². The Labute approximate surface area is 88.0 Å². The predicted octanol–water partition coefficient (Wildman–Crippen LogP) is 0.808. The maximum absolute atomic E-state index is 8.85. The lowest BCUT2D eigenvalue weighted by atomic mass is 10.4. The molecular formula is C11H24N2O. The molecule has 0 aromatic carbocycles. The molecule has 0 aliphatic heterocycles. The molecule has 0 spiro atoms. The monoisotopic (exact) mass is 200 g/mol. The summed E-state index contributed by atoms with van der Waals surface area (Å²) in [6, 6.07) is 0. The number of nitrogens with zero attached hydrogens (tertiary/aromatic N) is 2. The quantitative estimate of drug-likeness (QED) is 0.558. The van der Waals surface area contributed by atoms with Crippen LogP contribution in [0.2, 0.25) is 0 Å². The molecule has 0 aromatic rings. The fraction of sp³-hybridized carbons (Fsp3) is 0.818. The van der Waals surface area contributed by atoms with Gasteiger partial charge in [0.2, 0.25) is 0 Å². The second-order valence-corrected chi connectivity index (χ2v) is 3.34. The van der Waals surface area contributed by atoms with Gasteiger partial charge >= 0.3 is 0 Å². The molecule has 0 aliphatic carbocycles. The van der Waals surface area contributed by atoms with Crippen LogP contribution in [-0.4, -0.2) is 60.8 Å². The lowest BCUT2D eigenvalue weighted by Crippen LogP contribution is -2.36. The van der Waals surface area contributed by atoms with E-state index in [1.54, 1.807) is 0 Å². The summed E-state index contributed by atoms with van der Waals surface area (Å²) in [5, 5.41) is 8.85. The Morgan fingerprint density at radius 2 is 1.64 bits per heavy atom. The highest BCUT2D eigenvalue weighted by atomic mass is 16.3. The fourth-order valence-electron chi connectivity index (χ4n) is 1.44. The second kappa shape index (κ2) is 9.19. The Balaban J connectivity index is 3.72. The summed E-state index contributed by atoms with van der Waals surface area (Å²) in [5.74, 6) is 0. The molecule has 0 saturated carbocycles. The molecule has 0 aliphatic rings. The third-order valence-corrected chi connectivity index (χ3v) is 2.43. The number of aliphatic hydroxyl groups is 1. The molecule has 0 rings (SSSR count). The van der Waals surface area contributed by atoms with Crippen molar-refractivity contribution in [3.8, 4) is 0 Å². The van der Waals surface area contributed by atoms with Crippen LogP contribution in [0.3, 0.4) is 0 Å². The highest BCUT2D eigenvalue weighted by Gasteiger charge is 2.04. The smallest absolute Gasteiger partial charge is 0.0558 e. The summed E-state index contributed by atoms with van der Waals surface area (Å²) in [7, 11) is 0. The molecule has 1 N–H and O–H groups in total. The van der Waals surface area contributed by atoms with E-state index in [0.717, 1.165) is 39.3 Å². The molecule has 14 heavy (non-hydrogen) atoms. The highest BCUT2D eigenvalue weighted by Crippen LogP contribution is 1.92. The molecule has 0 saturated heterocycles. The molecule has 0 bridgehead atoms. The fourth-order valence-corrected chi connectivity index (χ4v) is 1.44. The minimum atomic E-state index is 0.228. The lowest BCUT2D eigenvalue weighted by Gasteiger charge is -2.24. The largest absolute Gasteiger partial charge is 0.395 e. The van der Waals surface area contributed by atoms with Gasteiger partial charge in [0.1, 0.15) is 0 Å². The van der Waals surface area contributed by atoms with Crippen LogP contribution in [0.1, 0.15) is 13.8 Å². The molecular weight excluding hydrogens is 176 g/mol. The first-order chi connectivity index (χ1) is 6.78. The number of hydrogen-bond donors (Lipinski definition) is 1. The van der Waals surface area contributed by atoms with E-state index in [4.69, 9.17) is 5.11 Å². The maximum Gasteiger partial charge on any atom is 0.0558 e. The van der Waals surface area contributed by atoms with Gasteiger partial charge in [-0.15, -0.1) is 6.58 Å². The first kappa shape index (κ1) is 13.6. The SMILES string of the molecule is C=CCN(CCO)CCN(CC)CC. The number of aliphatic hydroxyl groups excluding tert-OH is 1. The number of rotatable bonds is 9. The predicted molar refractivity (Wildman–Crippen MR) is 61.5 cm³/mol. The van der Waals surface area contributed by atoms with Gasteiger partial charge in [0.25, 0.3) is 0 Å². The zero-order valence-electron chi connectivity index (χ0n) is 9.58. The van der Waals surface area contributed by atoms with Gasteiger partial charge in [0, 0.05) is 26.2 Å². The van der Waals surface area contributed by atoms with Crippen LogP contribution in [0.15, 0.2) is 12.7 Å². The van der Waals surface area contributed by atoms with Crippen LogP contribution in [0.5, 0.6) is 0 Å². The van der Waals surface area contributed by atoms with E-state index in [2.05, 4.69) is 30.2 Å². The molecule has 3 nitrogen and oxygen atoms in total. The van der Waals surface area contributed by atoms with Gasteiger partial charge in [0.05, 0.1) is 6.61 Å². The zero-order valence-corrected chi connectivity index (χ0v) is 9.58. The summed E-state index contributed by atoms with van der Waals surface area (Å²) in [4.78, 5) is 4.60. The minimum Gasteiger partial charge on any atom is -0.395 e. The second-order valence-electron chi connectivity index (χ2n) is 3.34. The third kappa shape index (κ3) is 6.13. The van der Waals surface area contributed by atoms with Crippen molar-refractivity contribution in [1.29, 1.82) is 0 Å². The van der Waals surface area contributed by atoms with Crippen LogP contribution in [0.4, 0.5) is 0 Å². The van der Waals surface area contributed by atoms with Crippen molar-refractivity contribution in [1.82, 2.24) is 9.80 Å². The molecule has 0 aromatic heterocycles. The number of likely N-dealkylation sites (N-methyl/N-ethyl adjacent to an activating group) is 1. The highest BCUT2D eigenvalue weighted by molar-refractivity contribution is 4.74. The molecule has 0 atom stereocenters. The van der Waals surface area contributed by atoms with E-state index in [1.807, 2.05) is 6.08 Å². The van der Waals surface area contributed by atoms with Crippen molar-refractivity contribution in [2.45, 2.75) is 13.8 Å². The Hall–Kier alpha value is -0.380. The Morgan fingerprint density at radius 1 is 1.07 bits per heavy atom. The molecule has 3 heteroatoms. The molecule has 0 heterocycles. The molecule has 0 fully saturated rings. The van der Waals surface area contributed by atoms with Gasteiger partial charge in [-0.05, 0) is 13.1 Å².